The van der Waals surface area contributed by atoms with Crippen LogP contribution in [0.4, 0.5) is 0 Å². The lowest BCUT2D eigenvalue weighted by Crippen LogP contribution is -2.41. The van der Waals surface area contributed by atoms with E-state index < -0.39 is 6.04 Å². The third-order valence-electron chi connectivity index (χ3n) is 3.92. The van der Waals surface area contributed by atoms with Crippen LogP contribution in [0.1, 0.15) is 25.6 Å². The van der Waals surface area contributed by atoms with E-state index in [0.717, 1.165) is 5.69 Å². The zero-order valence-corrected chi connectivity index (χ0v) is 14.1. The second kappa shape index (κ2) is 7.21. The second-order valence-electron chi connectivity index (χ2n) is 6.08. The summed E-state index contributed by atoms with van der Waals surface area (Å²) >= 11 is 0. The highest BCUT2D eigenvalue weighted by atomic mass is 16.2. The molecule has 128 valence electrons. The van der Waals surface area contributed by atoms with Crippen LogP contribution in [0.5, 0.6) is 0 Å². The summed E-state index contributed by atoms with van der Waals surface area (Å²) in [5, 5.41) is 11.3. The van der Waals surface area contributed by atoms with E-state index >= 15 is 0 Å². The topological polar surface area (TPSA) is 89.8 Å². The summed E-state index contributed by atoms with van der Waals surface area (Å²) in [6.45, 7) is 4.03. The first-order valence-corrected chi connectivity index (χ1v) is 8.10. The van der Waals surface area contributed by atoms with Gasteiger partial charge in [0, 0.05) is 6.20 Å². The van der Waals surface area contributed by atoms with Crippen LogP contribution in [0.15, 0.2) is 53.5 Å². The monoisotopic (exact) mass is 337 g/mol. The summed E-state index contributed by atoms with van der Waals surface area (Å²) in [4.78, 5) is 29.6. The van der Waals surface area contributed by atoms with Crippen LogP contribution in [0.25, 0.3) is 10.9 Å². The first-order chi connectivity index (χ1) is 12.1. The van der Waals surface area contributed by atoms with Crippen LogP contribution in [0.2, 0.25) is 0 Å². The van der Waals surface area contributed by atoms with Crippen LogP contribution in [0.3, 0.4) is 0 Å². The second-order valence-corrected chi connectivity index (χ2v) is 6.08. The van der Waals surface area contributed by atoms with E-state index in [4.69, 9.17) is 0 Å². The van der Waals surface area contributed by atoms with Gasteiger partial charge in [0.2, 0.25) is 5.91 Å². The number of nitrogens with one attached hydrogen (secondary N) is 1. The Kier molecular flexibility index (Phi) is 4.83. The molecule has 0 bridgehead atoms. The first kappa shape index (κ1) is 16.8. The van der Waals surface area contributed by atoms with Gasteiger partial charge >= 0.3 is 0 Å². The standard InChI is InChI=1S/C18H19N5O2/c1-12(2)16(17(24)20-11-13-7-5-6-10-19-13)23-18(25)14-8-3-4-9-15(14)21-22-23/h3-10,12,16H,11H2,1-2H3,(H,20,24). The Hall–Kier alpha value is -3.09. The van der Waals surface area contributed by atoms with Gasteiger partial charge in [-0.2, -0.15) is 4.68 Å². The number of hydrogen-bond acceptors (Lipinski definition) is 5. The molecule has 0 aliphatic heterocycles. The molecule has 2 heterocycles. The lowest BCUT2D eigenvalue weighted by Gasteiger charge is -2.21. The Morgan fingerprint density at radius 2 is 1.92 bits per heavy atom. The molecule has 7 heteroatoms. The summed E-state index contributed by atoms with van der Waals surface area (Å²) in [7, 11) is 0. The Labute approximate surface area is 144 Å². The van der Waals surface area contributed by atoms with Crippen molar-refractivity contribution in [1.29, 1.82) is 0 Å². The summed E-state index contributed by atoms with van der Waals surface area (Å²) < 4.78 is 1.17. The van der Waals surface area contributed by atoms with Crippen molar-refractivity contribution in [3.05, 3.63) is 64.7 Å². The van der Waals surface area contributed by atoms with E-state index in [-0.39, 0.29) is 17.4 Å². The van der Waals surface area contributed by atoms with Gasteiger partial charge in [-0.15, -0.1) is 5.10 Å². The molecule has 3 rings (SSSR count). The van der Waals surface area contributed by atoms with E-state index in [1.165, 1.54) is 4.68 Å². The molecule has 1 aromatic carbocycles. The van der Waals surface area contributed by atoms with Crippen molar-refractivity contribution in [2.45, 2.75) is 26.4 Å². The maximum absolute atomic E-state index is 12.7. The van der Waals surface area contributed by atoms with Crippen LogP contribution in [0, 0.1) is 5.92 Å². The molecule has 0 fully saturated rings. The van der Waals surface area contributed by atoms with Gasteiger partial charge in [-0.05, 0) is 30.2 Å². The van der Waals surface area contributed by atoms with E-state index in [1.54, 1.807) is 30.5 Å². The first-order valence-electron chi connectivity index (χ1n) is 8.10. The number of aromatic nitrogens is 4. The minimum atomic E-state index is -0.742. The van der Waals surface area contributed by atoms with Gasteiger partial charge in [0.05, 0.1) is 17.6 Å². The molecule has 0 aliphatic carbocycles. The largest absolute Gasteiger partial charge is 0.349 e. The highest BCUT2D eigenvalue weighted by Crippen LogP contribution is 2.16. The Morgan fingerprint density at radius 1 is 1.16 bits per heavy atom. The predicted molar refractivity (Wildman–Crippen MR) is 93.8 cm³/mol. The molecule has 1 unspecified atom stereocenters. The molecule has 25 heavy (non-hydrogen) atoms. The van der Waals surface area contributed by atoms with Gasteiger partial charge in [0.15, 0.2) is 0 Å². The molecule has 0 saturated carbocycles. The van der Waals surface area contributed by atoms with Gasteiger partial charge < -0.3 is 5.32 Å². The number of carbonyl (C=O) groups is 1. The van der Waals surface area contributed by atoms with Gasteiger partial charge in [-0.25, -0.2) is 0 Å². The van der Waals surface area contributed by atoms with Crippen LogP contribution >= 0.6 is 0 Å². The van der Waals surface area contributed by atoms with Crippen molar-refractivity contribution in [2.24, 2.45) is 5.92 Å². The SMILES string of the molecule is CC(C)C(C(=O)NCc1ccccn1)n1nnc2ccccc2c1=O. The minimum absolute atomic E-state index is 0.128. The number of rotatable bonds is 5. The molecule has 1 amide bonds. The number of benzene rings is 1. The van der Waals surface area contributed by atoms with Crippen molar-refractivity contribution >= 4 is 16.8 Å². The Morgan fingerprint density at radius 3 is 2.64 bits per heavy atom. The number of carbonyl (C=O) groups excluding carboxylic acids is 1. The van der Waals surface area contributed by atoms with Crippen molar-refractivity contribution in [2.75, 3.05) is 0 Å². The number of pyridine rings is 1. The van der Waals surface area contributed by atoms with E-state index in [0.29, 0.717) is 17.4 Å². The summed E-state index contributed by atoms with van der Waals surface area (Å²) in [6, 6.07) is 11.7. The van der Waals surface area contributed by atoms with Crippen molar-refractivity contribution in [1.82, 2.24) is 25.3 Å². The molecule has 3 aromatic rings. The average molecular weight is 337 g/mol. The molecular weight excluding hydrogens is 318 g/mol. The molecule has 0 saturated heterocycles. The maximum atomic E-state index is 12.7. The highest BCUT2D eigenvalue weighted by Gasteiger charge is 2.27. The molecule has 1 N–H and O–H groups in total. The predicted octanol–water partition coefficient (Wildman–Crippen LogP) is 1.70. The third kappa shape index (κ3) is 3.55. The van der Waals surface area contributed by atoms with Gasteiger partial charge in [-0.3, -0.25) is 14.6 Å². The summed E-state index contributed by atoms with van der Waals surface area (Å²) in [5.74, 6) is -0.413. The van der Waals surface area contributed by atoms with Crippen molar-refractivity contribution in [3.8, 4) is 0 Å². The van der Waals surface area contributed by atoms with E-state index in [9.17, 15) is 9.59 Å². The van der Waals surface area contributed by atoms with Crippen LogP contribution < -0.4 is 10.9 Å². The Balaban J connectivity index is 1.89. The lowest BCUT2D eigenvalue weighted by molar-refractivity contribution is -0.126. The van der Waals surface area contributed by atoms with E-state index in [1.807, 2.05) is 32.0 Å². The molecule has 0 spiro atoms. The average Bonchev–Trinajstić information content (AvgIpc) is 2.63. The Bertz CT molecular complexity index is 937. The normalized spacial score (nSPS) is 12.3. The molecular formula is C18H19N5O2. The van der Waals surface area contributed by atoms with Gasteiger partial charge in [0.1, 0.15) is 11.6 Å². The zero-order chi connectivity index (χ0) is 17.8. The summed E-state index contributed by atoms with van der Waals surface area (Å²) in [5.41, 5.74) is 0.938. The molecule has 2 aromatic heterocycles. The number of nitrogens with zero attached hydrogens (tertiary/aromatic N) is 4. The molecule has 0 radical (unpaired) electrons. The van der Waals surface area contributed by atoms with E-state index in [2.05, 4.69) is 20.6 Å². The van der Waals surface area contributed by atoms with Crippen molar-refractivity contribution < 1.29 is 4.79 Å². The maximum Gasteiger partial charge on any atom is 0.278 e. The highest BCUT2D eigenvalue weighted by molar-refractivity contribution is 5.81. The molecule has 7 nitrogen and oxygen atoms in total. The van der Waals surface area contributed by atoms with Crippen LogP contribution in [-0.4, -0.2) is 25.9 Å². The van der Waals surface area contributed by atoms with Crippen molar-refractivity contribution in [3.63, 3.8) is 0 Å². The third-order valence-corrected chi connectivity index (χ3v) is 3.92. The number of fused-ring (bicyclic) bond motifs is 1. The number of amides is 1. The van der Waals surface area contributed by atoms with Gasteiger partial charge in [0.25, 0.3) is 5.56 Å². The fourth-order valence-corrected chi connectivity index (χ4v) is 2.67. The minimum Gasteiger partial charge on any atom is -0.349 e. The fourth-order valence-electron chi connectivity index (χ4n) is 2.67. The fraction of sp³-hybridized carbons (Fsp3) is 0.278. The van der Waals surface area contributed by atoms with Gasteiger partial charge in [-0.1, -0.05) is 37.3 Å². The zero-order valence-electron chi connectivity index (χ0n) is 14.1. The molecule has 1 atom stereocenters. The lowest BCUT2D eigenvalue weighted by atomic mass is 10.0. The molecule has 0 aliphatic rings. The summed E-state index contributed by atoms with van der Waals surface area (Å²) in [6.07, 6.45) is 1.67. The number of hydrogen-bond donors (Lipinski definition) is 1. The quantitative estimate of drug-likeness (QED) is 0.765. The van der Waals surface area contributed by atoms with Crippen LogP contribution in [-0.2, 0) is 11.3 Å². The smallest absolute Gasteiger partial charge is 0.278 e.